The number of anilines is 1. The third kappa shape index (κ3) is 3.77. The number of alkyl halides is 3. The van der Waals surface area contributed by atoms with E-state index in [0.717, 1.165) is 12.1 Å². The first-order valence-electron chi connectivity index (χ1n) is 4.34. The van der Waals surface area contributed by atoms with Crippen LogP contribution in [0.3, 0.4) is 0 Å². The molecule has 1 aromatic carbocycles. The van der Waals surface area contributed by atoms with E-state index in [9.17, 15) is 18.0 Å². The minimum Gasteiger partial charge on any atom is -0.304 e. The van der Waals surface area contributed by atoms with E-state index in [0.29, 0.717) is 5.69 Å². The van der Waals surface area contributed by atoms with Crippen molar-refractivity contribution in [2.75, 3.05) is 5.43 Å². The molecule has 16 heavy (non-hydrogen) atoms. The Bertz CT molecular complexity index is 361. The molecule has 0 radical (unpaired) electrons. The lowest BCUT2D eigenvalue weighted by atomic mass is 10.2. The molecular weight excluding hydrogens is 223 g/mol. The molecule has 0 heterocycles. The third-order valence-corrected chi connectivity index (χ3v) is 1.66. The summed E-state index contributed by atoms with van der Waals surface area (Å²) < 4.78 is 36.6. The minimum absolute atomic E-state index is 0.320. The lowest BCUT2D eigenvalue weighted by Crippen LogP contribution is -2.39. The number of rotatable bonds is 3. The molecule has 1 aromatic rings. The molecule has 0 aromatic heterocycles. The monoisotopic (exact) mass is 233 g/mol. The Morgan fingerprint density at radius 3 is 2.19 bits per heavy atom. The van der Waals surface area contributed by atoms with E-state index in [1.807, 2.05) is 0 Å². The zero-order chi connectivity index (χ0) is 12.2. The van der Waals surface area contributed by atoms with Gasteiger partial charge in [0.25, 0.3) is 0 Å². The summed E-state index contributed by atoms with van der Waals surface area (Å²) >= 11 is 0. The summed E-state index contributed by atoms with van der Waals surface area (Å²) in [4.78, 5) is 10.5. The molecule has 0 spiro atoms. The Morgan fingerprint density at radius 1 is 1.19 bits per heavy atom. The first-order valence-corrected chi connectivity index (χ1v) is 4.34. The molecule has 0 saturated heterocycles. The topological polar surface area (TPSA) is 53.2 Å². The average Bonchev–Trinajstić information content (AvgIpc) is 2.16. The highest BCUT2D eigenvalue weighted by Gasteiger charge is 2.29. The fraction of sp³-hybridized carbons (Fsp3) is 0.222. The van der Waals surface area contributed by atoms with Gasteiger partial charge in [-0.1, -0.05) is 0 Å². The Hall–Kier alpha value is -1.76. The molecule has 3 N–H and O–H groups in total. The summed E-state index contributed by atoms with van der Waals surface area (Å²) in [7, 11) is 0. The molecule has 1 amide bonds. The number of hydrogen-bond donors (Lipinski definition) is 3. The van der Waals surface area contributed by atoms with Gasteiger partial charge in [-0.25, -0.2) is 0 Å². The number of hydrogen-bond acceptors (Lipinski definition) is 3. The largest absolute Gasteiger partial charge is 0.416 e. The van der Waals surface area contributed by atoms with Crippen LogP contribution in [0.25, 0.3) is 0 Å². The molecule has 88 valence electrons. The van der Waals surface area contributed by atoms with Gasteiger partial charge in [-0.2, -0.15) is 13.2 Å². The first-order chi connectivity index (χ1) is 7.39. The Kier molecular flexibility index (Phi) is 3.73. The highest BCUT2D eigenvalue weighted by molar-refractivity contribution is 5.72. The van der Waals surface area contributed by atoms with Crippen molar-refractivity contribution >= 4 is 11.6 Å². The molecule has 0 aliphatic rings. The molecule has 4 nitrogen and oxygen atoms in total. The lowest BCUT2D eigenvalue weighted by molar-refractivity contribution is -0.137. The van der Waals surface area contributed by atoms with Gasteiger partial charge >= 0.3 is 6.18 Å². The van der Waals surface area contributed by atoms with Crippen LogP contribution in [0, 0.1) is 0 Å². The van der Waals surface area contributed by atoms with Crippen LogP contribution in [0.5, 0.6) is 0 Å². The van der Waals surface area contributed by atoms with Crippen molar-refractivity contribution in [3.05, 3.63) is 29.8 Å². The van der Waals surface area contributed by atoms with E-state index in [-0.39, 0.29) is 5.91 Å². The van der Waals surface area contributed by atoms with Gasteiger partial charge in [-0.05, 0) is 24.3 Å². The van der Waals surface area contributed by atoms with E-state index >= 15 is 0 Å². The second-order valence-corrected chi connectivity index (χ2v) is 3.01. The van der Waals surface area contributed by atoms with Crippen LogP contribution >= 0.6 is 0 Å². The number of carbonyl (C=O) groups is 1. The lowest BCUT2D eigenvalue weighted by Gasteiger charge is -2.10. The van der Waals surface area contributed by atoms with Crippen molar-refractivity contribution in [2.24, 2.45) is 0 Å². The molecule has 0 aliphatic carbocycles. The summed E-state index contributed by atoms with van der Waals surface area (Å²) in [6.45, 7) is 1.29. The van der Waals surface area contributed by atoms with Crippen molar-refractivity contribution in [1.82, 2.24) is 11.0 Å². The molecule has 0 fully saturated rings. The standard InChI is InChI=1S/C9H10F3N3O/c1-6(16)13-15-14-8-4-2-7(3-5-8)9(10,11)12/h2-5,14-15H,1H3,(H,13,16). The summed E-state index contributed by atoms with van der Waals surface area (Å²) in [6.07, 6.45) is -4.34. The number of nitrogens with one attached hydrogen (secondary N) is 3. The van der Waals surface area contributed by atoms with Crippen molar-refractivity contribution in [2.45, 2.75) is 13.1 Å². The number of carbonyl (C=O) groups excluding carboxylic acids is 1. The molecule has 0 atom stereocenters. The van der Waals surface area contributed by atoms with Crippen LogP contribution in [0.1, 0.15) is 12.5 Å². The van der Waals surface area contributed by atoms with Gasteiger partial charge in [0, 0.05) is 6.92 Å². The second kappa shape index (κ2) is 4.84. The highest BCUT2D eigenvalue weighted by atomic mass is 19.4. The predicted octanol–water partition coefficient (Wildman–Crippen LogP) is 1.67. The second-order valence-electron chi connectivity index (χ2n) is 3.01. The van der Waals surface area contributed by atoms with Gasteiger partial charge in [0.2, 0.25) is 5.91 Å². The number of benzene rings is 1. The summed E-state index contributed by atoms with van der Waals surface area (Å²) in [5, 5.41) is 0. The minimum atomic E-state index is -4.34. The number of hydrazine groups is 2. The molecule has 1 rings (SSSR count). The average molecular weight is 233 g/mol. The smallest absolute Gasteiger partial charge is 0.304 e. The Balaban J connectivity index is 2.55. The van der Waals surface area contributed by atoms with Gasteiger partial charge in [0.15, 0.2) is 0 Å². The summed E-state index contributed by atoms with van der Waals surface area (Å²) in [5.74, 6) is -0.320. The first kappa shape index (κ1) is 12.3. The van der Waals surface area contributed by atoms with Gasteiger partial charge in [-0.15, -0.1) is 5.53 Å². The van der Waals surface area contributed by atoms with Crippen LogP contribution in [0.15, 0.2) is 24.3 Å². The maximum atomic E-state index is 12.2. The predicted molar refractivity (Wildman–Crippen MR) is 52.0 cm³/mol. The summed E-state index contributed by atoms with van der Waals surface area (Å²) in [5.41, 5.74) is 6.73. The van der Waals surface area contributed by atoms with E-state index in [2.05, 4.69) is 16.4 Å². The van der Waals surface area contributed by atoms with Crippen molar-refractivity contribution in [3.8, 4) is 0 Å². The van der Waals surface area contributed by atoms with E-state index in [1.165, 1.54) is 19.1 Å². The molecule has 0 bridgehead atoms. The molecule has 7 heteroatoms. The van der Waals surface area contributed by atoms with E-state index < -0.39 is 11.7 Å². The summed E-state index contributed by atoms with van der Waals surface area (Å²) in [6, 6.07) is 4.38. The van der Waals surface area contributed by atoms with Crippen LogP contribution in [0.2, 0.25) is 0 Å². The van der Waals surface area contributed by atoms with Gasteiger partial charge in [0.1, 0.15) is 0 Å². The normalized spacial score (nSPS) is 11.0. The maximum absolute atomic E-state index is 12.2. The van der Waals surface area contributed by atoms with Crippen molar-refractivity contribution < 1.29 is 18.0 Å². The van der Waals surface area contributed by atoms with Crippen LogP contribution in [-0.4, -0.2) is 5.91 Å². The quantitative estimate of drug-likeness (QED) is 0.696. The van der Waals surface area contributed by atoms with E-state index in [4.69, 9.17) is 0 Å². The number of amides is 1. The van der Waals surface area contributed by atoms with Crippen LogP contribution in [-0.2, 0) is 11.0 Å². The molecule has 0 unspecified atom stereocenters. The molecule has 0 saturated carbocycles. The van der Waals surface area contributed by atoms with Crippen molar-refractivity contribution in [3.63, 3.8) is 0 Å². The Labute approximate surface area is 89.8 Å². The number of halogens is 3. The van der Waals surface area contributed by atoms with Crippen LogP contribution in [0.4, 0.5) is 18.9 Å². The van der Waals surface area contributed by atoms with Crippen LogP contribution < -0.4 is 16.4 Å². The van der Waals surface area contributed by atoms with Crippen molar-refractivity contribution in [1.29, 1.82) is 0 Å². The fourth-order valence-corrected chi connectivity index (χ4v) is 0.934. The SMILES string of the molecule is CC(=O)NNNc1ccc(C(F)(F)F)cc1. The zero-order valence-corrected chi connectivity index (χ0v) is 8.35. The Morgan fingerprint density at radius 2 is 1.75 bits per heavy atom. The maximum Gasteiger partial charge on any atom is 0.416 e. The highest BCUT2D eigenvalue weighted by Crippen LogP contribution is 2.29. The zero-order valence-electron chi connectivity index (χ0n) is 8.35. The van der Waals surface area contributed by atoms with Gasteiger partial charge < -0.3 is 5.43 Å². The van der Waals surface area contributed by atoms with E-state index in [1.54, 1.807) is 0 Å². The third-order valence-electron chi connectivity index (χ3n) is 1.66. The fourth-order valence-electron chi connectivity index (χ4n) is 0.934. The molecular formula is C9H10F3N3O. The van der Waals surface area contributed by atoms with Gasteiger partial charge in [-0.3, -0.25) is 10.2 Å². The van der Waals surface area contributed by atoms with Gasteiger partial charge in [0.05, 0.1) is 11.3 Å². The molecule has 0 aliphatic heterocycles.